The van der Waals surface area contributed by atoms with E-state index in [4.69, 9.17) is 10.2 Å². The number of carbonyl (C=O) groups excluding carboxylic acids is 1. The standard InChI is InChI=1S/C10H18O6.Na/c1-6(11)4-7(12)2-3-8(13)9(14)5-10(15)16;/h2-3,6-9,11-14H,4-5H2,1H3,(H,15,16);/q;+1/p-1/b3-2+;/t6-,7+,8+,9+;/m1./s1. The SMILES string of the molecule is C[C@@H](O)C[C@@H](O)/C=C/[C@H](O)[C@@H](O)CC(=O)[O-].[Na+]. The summed E-state index contributed by atoms with van der Waals surface area (Å²) < 4.78 is 0. The molecule has 0 fully saturated rings. The average Bonchev–Trinajstić information content (AvgIpc) is 2.11. The van der Waals surface area contributed by atoms with Crippen molar-refractivity contribution < 1.29 is 59.9 Å². The van der Waals surface area contributed by atoms with Crippen LogP contribution in [0, 0.1) is 0 Å². The molecule has 0 aliphatic rings. The van der Waals surface area contributed by atoms with Gasteiger partial charge in [0.2, 0.25) is 0 Å². The van der Waals surface area contributed by atoms with Gasteiger partial charge in [-0.15, -0.1) is 0 Å². The minimum atomic E-state index is -1.47. The van der Waals surface area contributed by atoms with Crippen LogP contribution in [0.15, 0.2) is 12.2 Å². The molecular formula is C10H17NaO6. The number of aliphatic carboxylic acids is 1. The Morgan fingerprint density at radius 2 is 1.76 bits per heavy atom. The molecule has 0 amide bonds. The van der Waals surface area contributed by atoms with Crippen molar-refractivity contribution in [2.75, 3.05) is 0 Å². The van der Waals surface area contributed by atoms with Crippen molar-refractivity contribution in [3.8, 4) is 0 Å². The van der Waals surface area contributed by atoms with Crippen LogP contribution in [0.5, 0.6) is 0 Å². The van der Waals surface area contributed by atoms with Crippen LogP contribution >= 0.6 is 0 Å². The van der Waals surface area contributed by atoms with Crippen molar-refractivity contribution in [1.29, 1.82) is 0 Å². The first-order valence-corrected chi connectivity index (χ1v) is 4.93. The van der Waals surface area contributed by atoms with Gasteiger partial charge < -0.3 is 30.3 Å². The first-order chi connectivity index (χ1) is 7.32. The summed E-state index contributed by atoms with van der Waals surface area (Å²) in [5.41, 5.74) is 0. The zero-order valence-corrected chi connectivity index (χ0v) is 12.0. The summed E-state index contributed by atoms with van der Waals surface area (Å²) in [4.78, 5) is 10.1. The van der Waals surface area contributed by atoms with Gasteiger partial charge in [0.15, 0.2) is 0 Å². The third-order valence-corrected chi connectivity index (χ3v) is 1.88. The van der Waals surface area contributed by atoms with Crippen LogP contribution in [0.3, 0.4) is 0 Å². The minimum absolute atomic E-state index is 0. The third-order valence-electron chi connectivity index (χ3n) is 1.88. The Balaban J connectivity index is 0. The normalized spacial score (nSPS) is 18.2. The van der Waals surface area contributed by atoms with E-state index in [0.717, 1.165) is 6.08 Å². The third kappa shape index (κ3) is 10.9. The molecule has 17 heavy (non-hydrogen) atoms. The van der Waals surface area contributed by atoms with Gasteiger partial charge in [-0.05, 0) is 6.92 Å². The molecule has 0 spiro atoms. The van der Waals surface area contributed by atoms with Crippen LogP contribution < -0.4 is 34.7 Å². The second-order valence-electron chi connectivity index (χ2n) is 3.67. The smallest absolute Gasteiger partial charge is 0.550 e. The quantitative estimate of drug-likeness (QED) is 0.266. The molecule has 6 nitrogen and oxygen atoms in total. The van der Waals surface area contributed by atoms with Gasteiger partial charge in [0.05, 0.1) is 24.4 Å². The maximum atomic E-state index is 10.1. The van der Waals surface area contributed by atoms with Crippen LogP contribution in [0.4, 0.5) is 0 Å². The van der Waals surface area contributed by atoms with Gasteiger partial charge in [0, 0.05) is 18.8 Å². The van der Waals surface area contributed by atoms with Crippen molar-refractivity contribution in [3.05, 3.63) is 12.2 Å². The molecule has 4 N–H and O–H groups in total. The molecule has 0 bridgehead atoms. The Bertz CT molecular complexity index is 243. The van der Waals surface area contributed by atoms with E-state index in [1.807, 2.05) is 0 Å². The number of carboxylic acids is 1. The molecule has 0 heterocycles. The molecule has 0 unspecified atom stereocenters. The fraction of sp³-hybridized carbons (Fsp3) is 0.700. The van der Waals surface area contributed by atoms with Gasteiger partial charge in [-0.2, -0.15) is 0 Å². The van der Waals surface area contributed by atoms with E-state index >= 15 is 0 Å². The first-order valence-electron chi connectivity index (χ1n) is 4.93. The molecule has 0 saturated heterocycles. The van der Waals surface area contributed by atoms with Crippen LogP contribution in [0.25, 0.3) is 0 Å². The number of carbonyl (C=O) groups is 1. The minimum Gasteiger partial charge on any atom is -0.550 e. The zero-order chi connectivity index (χ0) is 12.7. The predicted octanol–water partition coefficient (Wildman–Crippen LogP) is -5.46. The van der Waals surface area contributed by atoms with Crippen LogP contribution in [0.1, 0.15) is 19.8 Å². The Labute approximate surface area is 122 Å². The molecule has 4 atom stereocenters. The molecule has 0 aliphatic heterocycles. The Morgan fingerprint density at radius 1 is 1.24 bits per heavy atom. The fourth-order valence-electron chi connectivity index (χ4n) is 1.09. The topological polar surface area (TPSA) is 121 Å². The van der Waals surface area contributed by atoms with Crippen molar-refractivity contribution in [2.45, 2.75) is 44.2 Å². The van der Waals surface area contributed by atoms with E-state index in [0.29, 0.717) is 0 Å². The molecule has 0 aliphatic carbocycles. The maximum absolute atomic E-state index is 10.1. The Kier molecular flexibility index (Phi) is 11.4. The Morgan fingerprint density at radius 3 is 2.18 bits per heavy atom. The summed E-state index contributed by atoms with van der Waals surface area (Å²) in [6, 6.07) is 0. The van der Waals surface area contributed by atoms with E-state index in [2.05, 4.69) is 0 Å². The molecule has 0 radical (unpaired) electrons. The molecule has 94 valence electrons. The largest absolute Gasteiger partial charge is 1.00 e. The number of aliphatic hydroxyl groups excluding tert-OH is 4. The Hall–Kier alpha value is 0.0500. The first kappa shape index (κ1) is 19.4. The molecule has 0 aromatic rings. The molecule has 0 rings (SSSR count). The zero-order valence-electron chi connectivity index (χ0n) is 9.98. The van der Waals surface area contributed by atoms with Crippen molar-refractivity contribution in [1.82, 2.24) is 0 Å². The van der Waals surface area contributed by atoms with Crippen LogP contribution in [-0.2, 0) is 4.79 Å². The van der Waals surface area contributed by atoms with Crippen LogP contribution in [0.2, 0.25) is 0 Å². The van der Waals surface area contributed by atoms with Gasteiger partial charge >= 0.3 is 29.6 Å². The average molecular weight is 256 g/mol. The molecule has 0 aromatic heterocycles. The van der Waals surface area contributed by atoms with Crippen molar-refractivity contribution in [3.63, 3.8) is 0 Å². The number of hydrogen-bond donors (Lipinski definition) is 4. The summed E-state index contributed by atoms with van der Waals surface area (Å²) in [6.07, 6.45) is -2.81. The van der Waals surface area contributed by atoms with Crippen molar-refractivity contribution in [2.24, 2.45) is 0 Å². The number of carboxylic acid groups (broad SMARTS) is 1. The second-order valence-corrected chi connectivity index (χ2v) is 3.67. The molecule has 0 saturated carbocycles. The van der Waals surface area contributed by atoms with Gasteiger partial charge in [0.25, 0.3) is 0 Å². The van der Waals surface area contributed by atoms with Gasteiger partial charge in [-0.3, -0.25) is 0 Å². The van der Waals surface area contributed by atoms with Gasteiger partial charge in [0.1, 0.15) is 0 Å². The summed E-state index contributed by atoms with van der Waals surface area (Å²) in [5.74, 6) is -1.47. The van der Waals surface area contributed by atoms with E-state index in [1.54, 1.807) is 0 Å². The predicted molar refractivity (Wildman–Crippen MR) is 53.1 cm³/mol. The number of hydrogen-bond acceptors (Lipinski definition) is 6. The summed E-state index contributed by atoms with van der Waals surface area (Å²) in [7, 11) is 0. The van der Waals surface area contributed by atoms with Crippen LogP contribution in [-0.4, -0.2) is 50.8 Å². The monoisotopic (exact) mass is 256 g/mol. The van der Waals surface area contributed by atoms with E-state index < -0.39 is 36.8 Å². The molecular weight excluding hydrogens is 239 g/mol. The maximum Gasteiger partial charge on any atom is 1.00 e. The molecule has 0 aromatic carbocycles. The molecule has 7 heteroatoms. The van der Waals surface area contributed by atoms with Gasteiger partial charge in [-0.25, -0.2) is 0 Å². The second kappa shape index (κ2) is 10.0. The van der Waals surface area contributed by atoms with Crippen molar-refractivity contribution >= 4 is 5.97 Å². The van der Waals surface area contributed by atoms with E-state index in [1.165, 1.54) is 13.0 Å². The number of rotatable bonds is 7. The van der Waals surface area contributed by atoms with Gasteiger partial charge in [-0.1, -0.05) is 12.2 Å². The van der Waals surface area contributed by atoms with E-state index in [9.17, 15) is 20.1 Å². The van der Waals surface area contributed by atoms with E-state index in [-0.39, 0.29) is 36.0 Å². The summed E-state index contributed by atoms with van der Waals surface area (Å²) >= 11 is 0. The summed E-state index contributed by atoms with van der Waals surface area (Å²) in [6.45, 7) is 1.50. The summed E-state index contributed by atoms with van der Waals surface area (Å²) in [5, 5.41) is 46.7. The number of aliphatic hydroxyl groups is 4. The fourth-order valence-corrected chi connectivity index (χ4v) is 1.09.